The SMILES string of the molecule is COc1ccc(NCc2cc(Br)c(Cl)s2)c(C(F)(F)F)c1. The fourth-order valence-corrected chi connectivity index (χ4v) is 3.43. The zero-order valence-corrected chi connectivity index (χ0v) is 13.9. The third-order valence-corrected chi connectivity index (χ3v) is 5.16. The Kier molecular flexibility index (Phi) is 5.06. The van der Waals surface area contributed by atoms with Crippen molar-refractivity contribution in [3.05, 3.63) is 43.5 Å². The summed E-state index contributed by atoms with van der Waals surface area (Å²) in [6, 6.07) is 5.58. The Morgan fingerprint density at radius 1 is 1.33 bits per heavy atom. The molecule has 0 spiro atoms. The molecule has 2 aromatic rings. The summed E-state index contributed by atoms with van der Waals surface area (Å²) in [6.45, 7) is 0.255. The molecule has 21 heavy (non-hydrogen) atoms. The molecule has 1 heterocycles. The van der Waals surface area contributed by atoms with E-state index >= 15 is 0 Å². The maximum atomic E-state index is 13.0. The summed E-state index contributed by atoms with van der Waals surface area (Å²) in [5.74, 6) is 0.162. The van der Waals surface area contributed by atoms with Crippen LogP contribution in [0, 0.1) is 0 Å². The Hall–Kier alpha value is -0.920. The van der Waals surface area contributed by atoms with Gasteiger partial charge in [-0.05, 0) is 40.2 Å². The van der Waals surface area contributed by atoms with Crippen LogP contribution in [0.3, 0.4) is 0 Å². The van der Waals surface area contributed by atoms with Crippen molar-refractivity contribution in [2.75, 3.05) is 12.4 Å². The molecule has 0 unspecified atom stereocenters. The molecule has 0 saturated heterocycles. The highest BCUT2D eigenvalue weighted by Gasteiger charge is 2.34. The van der Waals surface area contributed by atoms with Crippen LogP contribution in [0.2, 0.25) is 4.34 Å². The Labute approximate surface area is 137 Å². The third kappa shape index (κ3) is 4.05. The Bertz CT molecular complexity index is 625. The molecule has 0 aliphatic carbocycles. The number of rotatable bonds is 4. The molecule has 2 nitrogen and oxygen atoms in total. The molecule has 8 heteroatoms. The molecule has 1 aromatic heterocycles. The van der Waals surface area contributed by atoms with Gasteiger partial charge >= 0.3 is 6.18 Å². The van der Waals surface area contributed by atoms with Gasteiger partial charge in [0.1, 0.15) is 10.1 Å². The number of hydrogen-bond acceptors (Lipinski definition) is 3. The fraction of sp³-hybridized carbons (Fsp3) is 0.231. The molecular formula is C13H10BrClF3NOS. The van der Waals surface area contributed by atoms with E-state index in [-0.39, 0.29) is 18.0 Å². The zero-order chi connectivity index (χ0) is 15.6. The van der Waals surface area contributed by atoms with Crippen LogP contribution < -0.4 is 10.1 Å². The molecule has 0 bridgehead atoms. The number of anilines is 1. The number of thiophene rings is 1. The van der Waals surface area contributed by atoms with Gasteiger partial charge in [0.25, 0.3) is 0 Å². The van der Waals surface area contributed by atoms with Crippen molar-refractivity contribution in [3.63, 3.8) is 0 Å². The van der Waals surface area contributed by atoms with Gasteiger partial charge in [-0.2, -0.15) is 13.2 Å². The van der Waals surface area contributed by atoms with Crippen molar-refractivity contribution >= 4 is 44.6 Å². The predicted molar refractivity (Wildman–Crippen MR) is 82.4 cm³/mol. The Morgan fingerprint density at radius 2 is 2.05 bits per heavy atom. The monoisotopic (exact) mass is 399 g/mol. The van der Waals surface area contributed by atoms with Gasteiger partial charge in [-0.25, -0.2) is 0 Å². The van der Waals surface area contributed by atoms with E-state index in [0.29, 0.717) is 4.34 Å². The van der Waals surface area contributed by atoms with Crippen molar-refractivity contribution in [1.29, 1.82) is 0 Å². The van der Waals surface area contributed by atoms with Crippen molar-refractivity contribution < 1.29 is 17.9 Å². The smallest absolute Gasteiger partial charge is 0.418 e. The van der Waals surface area contributed by atoms with E-state index < -0.39 is 11.7 Å². The van der Waals surface area contributed by atoms with Crippen LogP contribution in [0.1, 0.15) is 10.4 Å². The number of methoxy groups -OCH3 is 1. The maximum Gasteiger partial charge on any atom is 0.418 e. The Balaban J connectivity index is 2.23. The van der Waals surface area contributed by atoms with Crippen molar-refractivity contribution in [1.82, 2.24) is 0 Å². The van der Waals surface area contributed by atoms with Gasteiger partial charge in [0.05, 0.1) is 12.7 Å². The van der Waals surface area contributed by atoms with E-state index in [1.54, 1.807) is 6.07 Å². The Morgan fingerprint density at radius 3 is 2.57 bits per heavy atom. The van der Waals surface area contributed by atoms with Crippen LogP contribution in [-0.4, -0.2) is 7.11 Å². The lowest BCUT2D eigenvalue weighted by Crippen LogP contribution is -2.10. The van der Waals surface area contributed by atoms with E-state index in [9.17, 15) is 13.2 Å². The number of alkyl halides is 3. The van der Waals surface area contributed by atoms with Crippen LogP contribution in [0.15, 0.2) is 28.7 Å². The van der Waals surface area contributed by atoms with Crippen LogP contribution >= 0.6 is 38.9 Å². The van der Waals surface area contributed by atoms with Crippen LogP contribution in [-0.2, 0) is 12.7 Å². The topological polar surface area (TPSA) is 21.3 Å². The van der Waals surface area contributed by atoms with Gasteiger partial charge in [0.2, 0.25) is 0 Å². The van der Waals surface area contributed by atoms with E-state index in [2.05, 4.69) is 21.2 Å². The maximum absolute atomic E-state index is 13.0. The van der Waals surface area contributed by atoms with Crippen molar-refractivity contribution in [2.24, 2.45) is 0 Å². The second-order valence-electron chi connectivity index (χ2n) is 4.10. The highest BCUT2D eigenvalue weighted by atomic mass is 79.9. The lowest BCUT2D eigenvalue weighted by molar-refractivity contribution is -0.137. The van der Waals surface area contributed by atoms with Crippen molar-refractivity contribution in [3.8, 4) is 5.75 Å². The lowest BCUT2D eigenvalue weighted by Gasteiger charge is -2.15. The molecule has 0 radical (unpaired) electrons. The summed E-state index contributed by atoms with van der Waals surface area (Å²) in [6.07, 6.45) is -4.45. The molecule has 114 valence electrons. The zero-order valence-electron chi connectivity index (χ0n) is 10.7. The third-order valence-electron chi connectivity index (χ3n) is 2.68. The molecular weight excluding hydrogens is 391 g/mol. The largest absolute Gasteiger partial charge is 0.497 e. The van der Waals surface area contributed by atoms with E-state index in [1.807, 2.05) is 0 Å². The molecule has 0 aliphatic rings. The second-order valence-corrected chi connectivity index (χ2v) is 6.69. The van der Waals surface area contributed by atoms with Crippen LogP contribution in [0.5, 0.6) is 5.75 Å². The first-order valence-electron chi connectivity index (χ1n) is 5.74. The number of halogens is 5. The molecule has 0 atom stereocenters. The quantitative estimate of drug-likeness (QED) is 0.700. The molecule has 1 N–H and O–H groups in total. The van der Waals surface area contributed by atoms with Crippen LogP contribution in [0.25, 0.3) is 0 Å². The normalized spacial score (nSPS) is 11.5. The first kappa shape index (κ1) is 16.5. The highest BCUT2D eigenvalue weighted by molar-refractivity contribution is 9.10. The standard InChI is InChI=1S/C13H10BrClF3NOS/c1-20-7-2-3-11(9(4-7)13(16,17)18)19-6-8-5-10(14)12(15)21-8/h2-5,19H,6H2,1H3. The molecule has 0 amide bonds. The molecule has 0 fully saturated rings. The van der Waals surface area contributed by atoms with Crippen molar-refractivity contribution in [2.45, 2.75) is 12.7 Å². The first-order chi connectivity index (χ1) is 9.81. The van der Waals surface area contributed by atoms with Gasteiger partial charge in [0.15, 0.2) is 0 Å². The first-order valence-corrected chi connectivity index (χ1v) is 7.73. The number of nitrogens with one attached hydrogen (secondary N) is 1. The lowest BCUT2D eigenvalue weighted by atomic mass is 10.1. The number of hydrogen-bond donors (Lipinski definition) is 1. The summed E-state index contributed by atoms with van der Waals surface area (Å²) in [7, 11) is 1.33. The summed E-state index contributed by atoms with van der Waals surface area (Å²) in [5.41, 5.74) is -0.757. The van der Waals surface area contributed by atoms with Gasteiger partial charge in [-0.15, -0.1) is 11.3 Å². The van der Waals surface area contributed by atoms with Gasteiger partial charge < -0.3 is 10.1 Å². The number of ether oxygens (including phenoxy) is 1. The number of benzene rings is 1. The summed E-state index contributed by atoms with van der Waals surface area (Å²) < 4.78 is 45.2. The van der Waals surface area contributed by atoms with E-state index in [0.717, 1.165) is 15.4 Å². The molecule has 1 aromatic carbocycles. The average Bonchev–Trinajstić information content (AvgIpc) is 2.74. The highest BCUT2D eigenvalue weighted by Crippen LogP contribution is 2.38. The van der Waals surface area contributed by atoms with Gasteiger partial charge in [0, 0.05) is 21.6 Å². The summed E-state index contributed by atoms with van der Waals surface area (Å²) >= 11 is 10.5. The second kappa shape index (κ2) is 6.46. The summed E-state index contributed by atoms with van der Waals surface area (Å²) in [4.78, 5) is 0.829. The summed E-state index contributed by atoms with van der Waals surface area (Å²) in [5, 5.41) is 2.78. The van der Waals surface area contributed by atoms with E-state index in [1.165, 1.54) is 30.6 Å². The molecule has 0 saturated carbocycles. The minimum absolute atomic E-state index is 0.00365. The minimum Gasteiger partial charge on any atom is -0.497 e. The van der Waals surface area contributed by atoms with Gasteiger partial charge in [-0.1, -0.05) is 11.6 Å². The molecule has 0 aliphatic heterocycles. The molecule has 2 rings (SSSR count). The fourth-order valence-electron chi connectivity index (χ4n) is 1.70. The average molecular weight is 401 g/mol. The predicted octanol–water partition coefficient (Wildman–Crippen LogP) is 5.80. The van der Waals surface area contributed by atoms with Gasteiger partial charge in [-0.3, -0.25) is 0 Å². The van der Waals surface area contributed by atoms with Crippen LogP contribution in [0.4, 0.5) is 18.9 Å². The minimum atomic E-state index is -4.45. The van der Waals surface area contributed by atoms with E-state index in [4.69, 9.17) is 16.3 Å².